The molecule has 0 heterocycles. The standard InChI is InChI=1S/C15H24N2O2/c1-3-13(7-8-18)10-16-11-15(19)17-14-6-4-5-12(2)9-14/h4-6,9,13,16,18H,3,7-8,10-11H2,1-2H3,(H,17,19). The molecule has 0 radical (unpaired) electrons. The lowest BCUT2D eigenvalue weighted by molar-refractivity contribution is -0.115. The molecule has 0 spiro atoms. The number of aryl methyl sites for hydroxylation is 1. The second kappa shape index (κ2) is 8.67. The van der Waals surface area contributed by atoms with E-state index >= 15 is 0 Å². The summed E-state index contributed by atoms with van der Waals surface area (Å²) in [6.45, 7) is 5.35. The first kappa shape index (κ1) is 15.7. The topological polar surface area (TPSA) is 61.4 Å². The number of rotatable bonds is 8. The summed E-state index contributed by atoms with van der Waals surface area (Å²) in [5.41, 5.74) is 1.95. The molecule has 0 bridgehead atoms. The molecule has 0 fully saturated rings. The van der Waals surface area contributed by atoms with Crippen molar-refractivity contribution in [1.82, 2.24) is 5.32 Å². The number of carbonyl (C=O) groups is 1. The van der Waals surface area contributed by atoms with Crippen molar-refractivity contribution in [2.45, 2.75) is 26.7 Å². The maximum Gasteiger partial charge on any atom is 0.238 e. The Morgan fingerprint density at radius 2 is 2.21 bits per heavy atom. The first-order valence-corrected chi connectivity index (χ1v) is 6.83. The highest BCUT2D eigenvalue weighted by Crippen LogP contribution is 2.09. The third-order valence-electron chi connectivity index (χ3n) is 3.14. The summed E-state index contributed by atoms with van der Waals surface area (Å²) < 4.78 is 0. The van der Waals surface area contributed by atoms with Gasteiger partial charge in [0.15, 0.2) is 0 Å². The number of amides is 1. The van der Waals surface area contributed by atoms with E-state index < -0.39 is 0 Å². The van der Waals surface area contributed by atoms with Crippen molar-refractivity contribution in [2.24, 2.45) is 5.92 Å². The summed E-state index contributed by atoms with van der Waals surface area (Å²) in [5, 5.41) is 14.9. The quantitative estimate of drug-likeness (QED) is 0.672. The van der Waals surface area contributed by atoms with Crippen LogP contribution in [0.15, 0.2) is 24.3 Å². The molecule has 1 amide bonds. The predicted octanol–water partition coefficient (Wildman–Crippen LogP) is 1.93. The Balaban J connectivity index is 2.28. The maximum atomic E-state index is 11.7. The molecule has 1 aromatic rings. The predicted molar refractivity (Wildman–Crippen MR) is 78.2 cm³/mol. The van der Waals surface area contributed by atoms with Gasteiger partial charge in [-0.2, -0.15) is 0 Å². The highest BCUT2D eigenvalue weighted by atomic mass is 16.3. The minimum Gasteiger partial charge on any atom is -0.396 e. The van der Waals surface area contributed by atoms with E-state index in [1.54, 1.807) is 0 Å². The zero-order valence-corrected chi connectivity index (χ0v) is 11.8. The lowest BCUT2D eigenvalue weighted by Crippen LogP contribution is -2.32. The number of anilines is 1. The minimum absolute atomic E-state index is 0.0375. The van der Waals surface area contributed by atoms with Crippen molar-refractivity contribution in [1.29, 1.82) is 0 Å². The van der Waals surface area contributed by atoms with Crippen LogP contribution in [0, 0.1) is 12.8 Å². The monoisotopic (exact) mass is 264 g/mol. The van der Waals surface area contributed by atoms with Gasteiger partial charge in [0.25, 0.3) is 0 Å². The van der Waals surface area contributed by atoms with E-state index in [4.69, 9.17) is 5.11 Å². The Labute approximate surface area is 115 Å². The molecule has 1 unspecified atom stereocenters. The van der Waals surface area contributed by atoms with E-state index in [-0.39, 0.29) is 12.5 Å². The van der Waals surface area contributed by atoms with Crippen molar-refractivity contribution >= 4 is 11.6 Å². The zero-order valence-electron chi connectivity index (χ0n) is 11.8. The third-order valence-corrected chi connectivity index (χ3v) is 3.14. The molecule has 19 heavy (non-hydrogen) atoms. The fraction of sp³-hybridized carbons (Fsp3) is 0.533. The number of aliphatic hydroxyl groups is 1. The van der Waals surface area contributed by atoms with Gasteiger partial charge in [0.1, 0.15) is 0 Å². The zero-order chi connectivity index (χ0) is 14.1. The van der Waals surface area contributed by atoms with Gasteiger partial charge in [-0.05, 0) is 43.5 Å². The van der Waals surface area contributed by atoms with Gasteiger partial charge in [0.2, 0.25) is 5.91 Å². The number of carbonyl (C=O) groups excluding carboxylic acids is 1. The van der Waals surface area contributed by atoms with E-state index in [0.717, 1.165) is 30.6 Å². The minimum atomic E-state index is -0.0375. The molecule has 1 rings (SSSR count). The van der Waals surface area contributed by atoms with Gasteiger partial charge in [-0.15, -0.1) is 0 Å². The molecule has 3 N–H and O–H groups in total. The smallest absolute Gasteiger partial charge is 0.238 e. The molecule has 0 saturated carbocycles. The number of nitrogens with one attached hydrogen (secondary N) is 2. The summed E-state index contributed by atoms with van der Waals surface area (Å²) in [7, 11) is 0. The Bertz CT molecular complexity index is 393. The molecule has 1 atom stereocenters. The van der Waals surface area contributed by atoms with E-state index in [0.29, 0.717) is 12.5 Å². The van der Waals surface area contributed by atoms with Crippen molar-refractivity contribution in [3.63, 3.8) is 0 Å². The average molecular weight is 264 g/mol. The van der Waals surface area contributed by atoms with E-state index in [1.165, 1.54) is 0 Å². The van der Waals surface area contributed by atoms with Gasteiger partial charge < -0.3 is 15.7 Å². The van der Waals surface area contributed by atoms with Crippen molar-refractivity contribution in [2.75, 3.05) is 25.0 Å². The molecule has 4 heteroatoms. The Morgan fingerprint density at radius 3 is 2.84 bits per heavy atom. The van der Waals surface area contributed by atoms with E-state index in [1.807, 2.05) is 31.2 Å². The van der Waals surface area contributed by atoms with Crippen LogP contribution in [0.3, 0.4) is 0 Å². The largest absolute Gasteiger partial charge is 0.396 e. The molecule has 0 aliphatic heterocycles. The van der Waals surface area contributed by atoms with Crippen LogP contribution < -0.4 is 10.6 Å². The van der Waals surface area contributed by atoms with Crippen LogP contribution in [0.4, 0.5) is 5.69 Å². The third kappa shape index (κ3) is 6.36. The second-order valence-electron chi connectivity index (χ2n) is 4.84. The van der Waals surface area contributed by atoms with Crippen molar-refractivity contribution < 1.29 is 9.90 Å². The van der Waals surface area contributed by atoms with E-state index in [9.17, 15) is 4.79 Å². The van der Waals surface area contributed by atoms with Crippen LogP contribution in [0.25, 0.3) is 0 Å². The molecule has 0 aromatic heterocycles. The fourth-order valence-corrected chi connectivity index (χ4v) is 1.95. The summed E-state index contributed by atoms with van der Waals surface area (Å²) in [4.78, 5) is 11.7. The molecular weight excluding hydrogens is 240 g/mol. The first-order valence-electron chi connectivity index (χ1n) is 6.83. The van der Waals surface area contributed by atoms with E-state index in [2.05, 4.69) is 17.6 Å². The summed E-state index contributed by atoms with van der Waals surface area (Å²) in [5.74, 6) is 0.390. The van der Waals surface area contributed by atoms with Crippen LogP contribution in [0.2, 0.25) is 0 Å². The molecule has 0 aliphatic rings. The highest BCUT2D eigenvalue weighted by Gasteiger charge is 2.07. The van der Waals surface area contributed by atoms with Gasteiger partial charge in [-0.3, -0.25) is 4.79 Å². The number of hydrogen-bond donors (Lipinski definition) is 3. The molecule has 0 saturated heterocycles. The number of benzene rings is 1. The number of hydrogen-bond acceptors (Lipinski definition) is 3. The van der Waals surface area contributed by atoms with Gasteiger partial charge >= 0.3 is 0 Å². The Morgan fingerprint density at radius 1 is 1.42 bits per heavy atom. The van der Waals surface area contributed by atoms with Gasteiger partial charge in [-0.25, -0.2) is 0 Å². The fourth-order valence-electron chi connectivity index (χ4n) is 1.95. The summed E-state index contributed by atoms with van der Waals surface area (Å²) in [6.07, 6.45) is 1.79. The van der Waals surface area contributed by atoms with Gasteiger partial charge in [0, 0.05) is 12.3 Å². The summed E-state index contributed by atoms with van der Waals surface area (Å²) in [6, 6.07) is 7.74. The van der Waals surface area contributed by atoms with Crippen LogP contribution in [0.5, 0.6) is 0 Å². The first-order chi connectivity index (χ1) is 9.15. The van der Waals surface area contributed by atoms with Crippen LogP contribution >= 0.6 is 0 Å². The second-order valence-corrected chi connectivity index (χ2v) is 4.84. The Kier molecular flexibility index (Phi) is 7.15. The Hall–Kier alpha value is -1.39. The van der Waals surface area contributed by atoms with Gasteiger partial charge in [-0.1, -0.05) is 25.5 Å². The molecule has 1 aromatic carbocycles. The summed E-state index contributed by atoms with van der Waals surface area (Å²) >= 11 is 0. The van der Waals surface area contributed by atoms with Gasteiger partial charge in [0.05, 0.1) is 6.54 Å². The normalized spacial score (nSPS) is 12.2. The average Bonchev–Trinajstić information content (AvgIpc) is 2.37. The van der Waals surface area contributed by atoms with Crippen LogP contribution in [-0.4, -0.2) is 30.7 Å². The number of aliphatic hydroxyl groups excluding tert-OH is 1. The SMILES string of the molecule is CCC(CCO)CNCC(=O)Nc1cccc(C)c1. The molecular formula is C15H24N2O2. The molecule has 4 nitrogen and oxygen atoms in total. The molecule has 0 aliphatic carbocycles. The van der Waals surface area contributed by atoms with Crippen molar-refractivity contribution in [3.05, 3.63) is 29.8 Å². The molecule has 106 valence electrons. The van der Waals surface area contributed by atoms with Crippen molar-refractivity contribution in [3.8, 4) is 0 Å². The lowest BCUT2D eigenvalue weighted by Gasteiger charge is -2.14. The maximum absolute atomic E-state index is 11.7. The van der Waals surface area contributed by atoms with Crippen LogP contribution in [0.1, 0.15) is 25.3 Å². The highest BCUT2D eigenvalue weighted by molar-refractivity contribution is 5.92. The lowest BCUT2D eigenvalue weighted by atomic mass is 10.0. The van der Waals surface area contributed by atoms with Crippen LogP contribution in [-0.2, 0) is 4.79 Å².